The lowest BCUT2D eigenvalue weighted by molar-refractivity contribution is -0.148. The first-order valence-corrected chi connectivity index (χ1v) is 10.9. The number of nitrogens with zero attached hydrogens (tertiary/aromatic N) is 2. The summed E-state index contributed by atoms with van der Waals surface area (Å²) >= 11 is 0. The van der Waals surface area contributed by atoms with E-state index in [0.29, 0.717) is 30.6 Å². The third-order valence-corrected chi connectivity index (χ3v) is 7.09. The second-order valence-electron chi connectivity index (χ2n) is 8.86. The summed E-state index contributed by atoms with van der Waals surface area (Å²) in [7, 11) is 0. The van der Waals surface area contributed by atoms with Crippen molar-refractivity contribution in [2.75, 3.05) is 19.6 Å². The number of carbonyl (C=O) groups excluding carboxylic acids is 2. The Hall–Kier alpha value is -2.56. The van der Waals surface area contributed by atoms with Crippen LogP contribution < -0.4 is 4.74 Å². The molecule has 1 atom stereocenters. The summed E-state index contributed by atoms with van der Waals surface area (Å²) in [6.07, 6.45) is 12.7. The van der Waals surface area contributed by atoms with Gasteiger partial charge in [0.05, 0.1) is 11.7 Å². The molecule has 2 amide bonds. The van der Waals surface area contributed by atoms with Gasteiger partial charge in [-0.15, -0.1) is 0 Å². The number of piperidine rings is 1. The Morgan fingerprint density at radius 1 is 1.07 bits per heavy atom. The van der Waals surface area contributed by atoms with E-state index in [4.69, 9.17) is 4.74 Å². The summed E-state index contributed by atoms with van der Waals surface area (Å²) in [6.45, 7) is 2.08. The molecule has 1 aromatic rings. The number of amides is 2. The number of likely N-dealkylation sites (tertiary alicyclic amines) is 2. The molecule has 3 aliphatic heterocycles. The minimum atomic E-state index is -0.375. The van der Waals surface area contributed by atoms with Crippen LogP contribution in [0.5, 0.6) is 5.75 Å². The quantitative estimate of drug-likeness (QED) is 0.770. The minimum Gasteiger partial charge on any atom is -0.464 e. The van der Waals surface area contributed by atoms with Crippen LogP contribution in [0.25, 0.3) is 6.08 Å². The van der Waals surface area contributed by atoms with Crippen molar-refractivity contribution < 1.29 is 14.3 Å². The Kier molecular flexibility index (Phi) is 4.69. The standard InChI is InChI=1S/C24H28N2O3/c27-22(19-10-15-29-21-9-4-1-6-18(21)16-19)25-14-12-24(17-25)11-5-13-26(23(24)28)20-7-2-3-8-20/h1,4,6,9-10,15-16,20H,2-3,5,7-8,11-14,17H2/t24-/m0/s1. The summed E-state index contributed by atoms with van der Waals surface area (Å²) in [4.78, 5) is 30.7. The predicted molar refractivity (Wildman–Crippen MR) is 111 cm³/mol. The Morgan fingerprint density at radius 3 is 2.76 bits per heavy atom. The van der Waals surface area contributed by atoms with E-state index < -0.39 is 0 Å². The second kappa shape index (κ2) is 7.36. The highest BCUT2D eigenvalue weighted by Gasteiger charge is 2.50. The highest BCUT2D eigenvalue weighted by atomic mass is 16.5. The maximum Gasteiger partial charge on any atom is 0.254 e. The van der Waals surface area contributed by atoms with Crippen LogP contribution >= 0.6 is 0 Å². The smallest absolute Gasteiger partial charge is 0.254 e. The Bertz CT molecular complexity index is 884. The van der Waals surface area contributed by atoms with Crippen LogP contribution in [0.2, 0.25) is 0 Å². The van der Waals surface area contributed by atoms with E-state index >= 15 is 0 Å². The summed E-state index contributed by atoms with van der Waals surface area (Å²) in [6, 6.07) is 8.13. The summed E-state index contributed by atoms with van der Waals surface area (Å²) in [5.41, 5.74) is 1.14. The average molecular weight is 392 g/mol. The molecule has 1 spiro atoms. The zero-order valence-corrected chi connectivity index (χ0v) is 16.8. The summed E-state index contributed by atoms with van der Waals surface area (Å²) in [5, 5.41) is 0. The third-order valence-electron chi connectivity index (χ3n) is 7.09. The van der Waals surface area contributed by atoms with Gasteiger partial charge in [-0.3, -0.25) is 9.59 Å². The van der Waals surface area contributed by atoms with E-state index in [0.717, 1.165) is 50.0 Å². The highest BCUT2D eigenvalue weighted by molar-refractivity contribution is 6.01. The van der Waals surface area contributed by atoms with Crippen molar-refractivity contribution in [1.82, 2.24) is 9.80 Å². The molecule has 29 heavy (non-hydrogen) atoms. The first-order chi connectivity index (χ1) is 14.2. The van der Waals surface area contributed by atoms with E-state index in [1.54, 1.807) is 12.3 Å². The van der Waals surface area contributed by atoms with Crippen LogP contribution in [-0.2, 0) is 9.59 Å². The monoisotopic (exact) mass is 392 g/mol. The van der Waals surface area contributed by atoms with Gasteiger partial charge >= 0.3 is 0 Å². The van der Waals surface area contributed by atoms with Gasteiger partial charge in [-0.25, -0.2) is 0 Å². The van der Waals surface area contributed by atoms with Crippen molar-refractivity contribution in [2.45, 2.75) is 51.0 Å². The molecule has 3 fully saturated rings. The molecule has 4 aliphatic rings. The van der Waals surface area contributed by atoms with E-state index in [9.17, 15) is 9.59 Å². The first kappa shape index (κ1) is 18.5. The fourth-order valence-corrected chi connectivity index (χ4v) is 5.51. The molecule has 2 saturated heterocycles. The minimum absolute atomic E-state index is 0.00998. The lowest BCUT2D eigenvalue weighted by Crippen LogP contribution is -2.53. The molecule has 1 aliphatic carbocycles. The van der Waals surface area contributed by atoms with E-state index in [2.05, 4.69) is 4.90 Å². The average Bonchev–Trinajstić information content (AvgIpc) is 3.36. The van der Waals surface area contributed by atoms with Gasteiger partial charge in [0.15, 0.2) is 0 Å². The van der Waals surface area contributed by atoms with Gasteiger partial charge in [-0.1, -0.05) is 31.0 Å². The number of benzene rings is 1. The second-order valence-corrected chi connectivity index (χ2v) is 8.86. The highest BCUT2D eigenvalue weighted by Crippen LogP contribution is 2.42. The zero-order chi connectivity index (χ0) is 19.8. The molecule has 0 bridgehead atoms. The van der Waals surface area contributed by atoms with Crippen molar-refractivity contribution in [3.63, 3.8) is 0 Å². The molecule has 0 aromatic heterocycles. The van der Waals surface area contributed by atoms with Crippen LogP contribution in [-0.4, -0.2) is 47.3 Å². The SMILES string of the molecule is O=C(C1=Cc2ccccc2OC=C1)N1CC[C@@]2(CCCN(C3CCCC3)C2=O)C1. The molecule has 1 aromatic carbocycles. The fraction of sp³-hybridized carbons (Fsp3) is 0.500. The van der Waals surface area contributed by atoms with Crippen molar-refractivity contribution >= 4 is 17.9 Å². The topological polar surface area (TPSA) is 49.9 Å². The van der Waals surface area contributed by atoms with Crippen LogP contribution in [0.1, 0.15) is 50.5 Å². The van der Waals surface area contributed by atoms with Crippen molar-refractivity contribution in [2.24, 2.45) is 5.41 Å². The summed E-state index contributed by atoms with van der Waals surface area (Å²) < 4.78 is 5.63. The van der Waals surface area contributed by atoms with Crippen molar-refractivity contribution in [3.8, 4) is 5.75 Å². The molecule has 3 heterocycles. The van der Waals surface area contributed by atoms with E-state index in [1.165, 1.54) is 12.8 Å². The Labute approximate surface area is 172 Å². The van der Waals surface area contributed by atoms with E-state index in [1.807, 2.05) is 35.2 Å². The number of para-hydroxylation sites is 1. The maximum atomic E-state index is 13.4. The number of carbonyl (C=O) groups is 2. The van der Waals surface area contributed by atoms with Gasteiger partial charge < -0.3 is 14.5 Å². The van der Waals surface area contributed by atoms with Gasteiger partial charge in [-0.2, -0.15) is 0 Å². The van der Waals surface area contributed by atoms with Crippen LogP contribution in [0.4, 0.5) is 0 Å². The number of fused-ring (bicyclic) bond motifs is 1. The molecular weight excluding hydrogens is 364 g/mol. The van der Waals surface area contributed by atoms with Crippen molar-refractivity contribution in [3.05, 3.63) is 47.7 Å². The van der Waals surface area contributed by atoms with Gasteiger partial charge in [-0.05, 0) is 50.3 Å². The van der Waals surface area contributed by atoms with Crippen LogP contribution in [0, 0.1) is 5.41 Å². The Balaban J connectivity index is 1.34. The molecular formula is C24H28N2O3. The number of rotatable bonds is 2. The Morgan fingerprint density at radius 2 is 1.90 bits per heavy atom. The fourth-order valence-electron chi connectivity index (χ4n) is 5.51. The molecule has 0 radical (unpaired) electrons. The van der Waals surface area contributed by atoms with Gasteiger partial charge in [0.2, 0.25) is 5.91 Å². The lowest BCUT2D eigenvalue weighted by Gasteiger charge is -2.42. The molecule has 5 heteroatoms. The van der Waals surface area contributed by atoms with Gasteiger partial charge in [0.25, 0.3) is 5.91 Å². The number of ether oxygens (including phenoxy) is 1. The molecule has 5 rings (SSSR count). The predicted octanol–water partition coefficient (Wildman–Crippen LogP) is 3.76. The normalized spacial score (nSPS) is 27.0. The molecule has 0 unspecified atom stereocenters. The maximum absolute atomic E-state index is 13.4. The third kappa shape index (κ3) is 3.26. The summed E-state index contributed by atoms with van der Waals surface area (Å²) in [5.74, 6) is 1.04. The lowest BCUT2D eigenvalue weighted by atomic mass is 9.77. The number of hydrogen-bond acceptors (Lipinski definition) is 3. The van der Waals surface area contributed by atoms with Crippen molar-refractivity contribution in [1.29, 1.82) is 0 Å². The van der Waals surface area contributed by atoms with Crippen LogP contribution in [0.15, 0.2) is 42.2 Å². The first-order valence-electron chi connectivity index (χ1n) is 10.9. The van der Waals surface area contributed by atoms with Crippen LogP contribution in [0.3, 0.4) is 0 Å². The van der Waals surface area contributed by atoms with Gasteiger partial charge in [0.1, 0.15) is 5.75 Å². The van der Waals surface area contributed by atoms with E-state index in [-0.39, 0.29) is 11.3 Å². The molecule has 152 valence electrons. The largest absolute Gasteiger partial charge is 0.464 e. The molecule has 1 saturated carbocycles. The zero-order valence-electron chi connectivity index (χ0n) is 16.8. The number of hydrogen-bond donors (Lipinski definition) is 0. The van der Waals surface area contributed by atoms with Gasteiger partial charge in [0, 0.05) is 36.8 Å². The molecule has 5 nitrogen and oxygen atoms in total. The molecule has 0 N–H and O–H groups in total.